The summed E-state index contributed by atoms with van der Waals surface area (Å²) < 4.78 is 44.9. The third-order valence-corrected chi connectivity index (χ3v) is 8.30. The number of hydrogen-bond donors (Lipinski definition) is 4. The number of likely N-dealkylation sites (N-methyl/N-ethyl adjacent to an activating group) is 1. The zero-order valence-corrected chi connectivity index (χ0v) is 22.7. The van der Waals surface area contributed by atoms with Gasteiger partial charge in [-0.1, -0.05) is 11.6 Å². The Balaban J connectivity index is 1.68. The van der Waals surface area contributed by atoms with Gasteiger partial charge in [0.05, 0.1) is 23.3 Å². The van der Waals surface area contributed by atoms with E-state index in [-0.39, 0.29) is 70.8 Å². The molecule has 1 aliphatic rings. The smallest absolute Gasteiger partial charge is 0.354 e. The van der Waals surface area contributed by atoms with Crippen molar-refractivity contribution >= 4 is 67.0 Å². The van der Waals surface area contributed by atoms with Crippen LogP contribution in [-0.2, 0) is 21.5 Å². The second-order valence-corrected chi connectivity index (χ2v) is 11.6. The number of carbonyl (C=O) groups excluding carboxylic acids is 1. The summed E-state index contributed by atoms with van der Waals surface area (Å²) in [6, 6.07) is 5.87. The Kier molecular flexibility index (Phi) is 6.74. The molecule has 0 atom stereocenters. The van der Waals surface area contributed by atoms with E-state index in [1.807, 2.05) is 0 Å². The first kappa shape index (κ1) is 26.9. The van der Waals surface area contributed by atoms with Crippen LogP contribution in [0.15, 0.2) is 24.3 Å². The first-order chi connectivity index (χ1) is 18.4. The number of carboxylic acid groups (broad SMARTS) is 1. The van der Waals surface area contributed by atoms with Crippen LogP contribution in [0.5, 0.6) is 0 Å². The van der Waals surface area contributed by atoms with E-state index in [2.05, 4.69) is 20.2 Å². The fourth-order valence-corrected chi connectivity index (χ4v) is 6.21. The molecular weight excluding hydrogens is 553 g/mol. The highest BCUT2D eigenvalue weighted by molar-refractivity contribution is 7.91. The van der Waals surface area contributed by atoms with Crippen molar-refractivity contribution in [2.24, 2.45) is 0 Å². The van der Waals surface area contributed by atoms with Gasteiger partial charge in [-0.15, -0.1) is 0 Å². The van der Waals surface area contributed by atoms with Crippen LogP contribution in [0.3, 0.4) is 0 Å². The highest BCUT2D eigenvalue weighted by atomic mass is 35.5. The van der Waals surface area contributed by atoms with Gasteiger partial charge in [0.1, 0.15) is 5.82 Å². The highest BCUT2D eigenvalue weighted by Gasteiger charge is 2.36. The number of hydrogen-bond acceptors (Lipinski definition) is 6. The van der Waals surface area contributed by atoms with Crippen LogP contribution in [0.1, 0.15) is 21.6 Å². The molecule has 1 saturated heterocycles. The van der Waals surface area contributed by atoms with Crippen molar-refractivity contribution in [3.8, 4) is 0 Å². The number of H-pyrrole nitrogens is 1. The van der Waals surface area contributed by atoms with Gasteiger partial charge in [-0.25, -0.2) is 9.18 Å². The molecule has 1 aliphatic heterocycles. The summed E-state index contributed by atoms with van der Waals surface area (Å²) in [5, 5.41) is 21.0. The molecule has 0 spiro atoms. The van der Waals surface area contributed by atoms with E-state index in [0.29, 0.717) is 16.5 Å². The van der Waals surface area contributed by atoms with Gasteiger partial charge in [0, 0.05) is 35.4 Å². The molecule has 0 unspecified atom stereocenters. The average molecular weight is 578 g/mol. The number of aromatic nitrogens is 3. The molecule has 206 valence electrons. The number of halogens is 2. The van der Waals surface area contributed by atoms with Crippen molar-refractivity contribution < 1.29 is 27.5 Å². The Bertz CT molecular complexity index is 1770. The molecule has 39 heavy (non-hydrogen) atoms. The van der Waals surface area contributed by atoms with E-state index >= 15 is 0 Å². The van der Waals surface area contributed by atoms with Crippen LogP contribution in [0.2, 0.25) is 5.02 Å². The standard InChI is InChI=1S/C24H25ClFN7O5S/c1-12-6-15-19(9-17(12)26)32(22(24(35)36)21(15)33-5-4-27-39(33,37)38)10-13-7-14-18(8-16(13)25)29-30-23(14)28-20(34)11-31(2)3/h6-9,27H,4-5,10-11H2,1-3H3,(H,35,36)(H2,28,29,30,34). The summed E-state index contributed by atoms with van der Waals surface area (Å²) in [6.07, 6.45) is 0. The molecule has 4 N–H and O–H groups in total. The van der Waals surface area contributed by atoms with E-state index in [0.717, 1.165) is 4.31 Å². The maximum atomic E-state index is 14.8. The molecule has 0 saturated carbocycles. The topological polar surface area (TPSA) is 153 Å². The predicted octanol–water partition coefficient (Wildman–Crippen LogP) is 2.52. The van der Waals surface area contributed by atoms with Crippen LogP contribution in [0.25, 0.3) is 21.8 Å². The molecule has 12 nitrogen and oxygen atoms in total. The molecule has 1 amide bonds. The summed E-state index contributed by atoms with van der Waals surface area (Å²) in [5.74, 6) is -1.99. The van der Waals surface area contributed by atoms with Crippen molar-refractivity contribution in [2.45, 2.75) is 13.5 Å². The molecule has 2 aromatic heterocycles. The minimum Gasteiger partial charge on any atom is -0.477 e. The number of fused-ring (bicyclic) bond motifs is 2. The molecule has 2 aromatic carbocycles. The van der Waals surface area contributed by atoms with E-state index in [1.165, 1.54) is 23.6 Å². The average Bonchev–Trinajstić information content (AvgIpc) is 3.47. The van der Waals surface area contributed by atoms with Crippen LogP contribution in [-0.4, -0.2) is 78.8 Å². The first-order valence-electron chi connectivity index (χ1n) is 11.8. The molecule has 3 heterocycles. The van der Waals surface area contributed by atoms with Crippen molar-refractivity contribution in [1.82, 2.24) is 24.4 Å². The quantitative estimate of drug-likeness (QED) is 0.263. The monoisotopic (exact) mass is 577 g/mol. The fraction of sp³-hybridized carbons (Fsp3) is 0.292. The second-order valence-electron chi connectivity index (χ2n) is 9.53. The summed E-state index contributed by atoms with van der Waals surface area (Å²) >= 11 is 6.56. The van der Waals surface area contributed by atoms with E-state index < -0.39 is 22.0 Å². The third-order valence-electron chi connectivity index (χ3n) is 6.43. The number of carbonyl (C=O) groups is 2. The number of benzene rings is 2. The van der Waals surface area contributed by atoms with Crippen LogP contribution >= 0.6 is 11.6 Å². The largest absolute Gasteiger partial charge is 0.477 e. The van der Waals surface area contributed by atoms with Crippen molar-refractivity contribution in [1.29, 1.82) is 0 Å². The Morgan fingerprint density at radius 1 is 1.23 bits per heavy atom. The lowest BCUT2D eigenvalue weighted by Crippen LogP contribution is -2.30. The number of nitrogens with zero attached hydrogens (tertiary/aromatic N) is 4. The maximum Gasteiger partial charge on any atom is 0.354 e. The zero-order valence-electron chi connectivity index (χ0n) is 21.2. The lowest BCUT2D eigenvalue weighted by Gasteiger charge is -2.17. The molecule has 0 bridgehead atoms. The van der Waals surface area contributed by atoms with Crippen molar-refractivity contribution in [2.75, 3.05) is 43.4 Å². The SMILES string of the molecule is Cc1cc2c(N3CCNS3(=O)=O)c(C(=O)O)n(Cc3cc4c(NC(=O)CN(C)C)n[nH]c4cc3Cl)c2cc1F. The Morgan fingerprint density at radius 2 is 1.97 bits per heavy atom. The summed E-state index contributed by atoms with van der Waals surface area (Å²) in [7, 11) is -0.488. The van der Waals surface area contributed by atoms with Crippen LogP contribution in [0.4, 0.5) is 15.9 Å². The zero-order chi connectivity index (χ0) is 28.2. The normalized spacial score (nSPS) is 15.1. The lowest BCUT2D eigenvalue weighted by atomic mass is 10.1. The van der Waals surface area contributed by atoms with Gasteiger partial charge in [-0.05, 0) is 56.4 Å². The number of aryl methyl sites for hydroxylation is 1. The molecular formula is C24H25ClFN7O5S. The molecule has 0 radical (unpaired) electrons. The maximum absolute atomic E-state index is 14.8. The molecule has 0 aliphatic carbocycles. The van der Waals surface area contributed by atoms with Gasteiger partial charge in [-0.3, -0.25) is 14.2 Å². The van der Waals surface area contributed by atoms with Crippen molar-refractivity contribution in [3.05, 3.63) is 51.9 Å². The minimum atomic E-state index is -3.99. The molecule has 5 rings (SSSR count). The Hall–Kier alpha value is -3.72. The number of amides is 1. The highest BCUT2D eigenvalue weighted by Crippen LogP contribution is 2.39. The van der Waals surface area contributed by atoms with E-state index in [9.17, 15) is 27.5 Å². The number of carboxylic acids is 1. The van der Waals surface area contributed by atoms with Gasteiger partial charge >= 0.3 is 16.2 Å². The summed E-state index contributed by atoms with van der Waals surface area (Å²) in [6.45, 7) is 1.62. The second kappa shape index (κ2) is 9.79. The Labute approximate surface area is 227 Å². The van der Waals surface area contributed by atoms with E-state index in [4.69, 9.17) is 11.6 Å². The van der Waals surface area contributed by atoms with Gasteiger partial charge in [-0.2, -0.15) is 18.2 Å². The fourth-order valence-electron chi connectivity index (χ4n) is 4.73. The van der Waals surface area contributed by atoms with Gasteiger partial charge in [0.15, 0.2) is 11.5 Å². The van der Waals surface area contributed by atoms with Gasteiger partial charge in [0.25, 0.3) is 0 Å². The third kappa shape index (κ3) is 4.80. The minimum absolute atomic E-state index is 0.00981. The molecule has 15 heteroatoms. The van der Waals surface area contributed by atoms with E-state index in [1.54, 1.807) is 31.1 Å². The van der Waals surface area contributed by atoms with Crippen molar-refractivity contribution in [3.63, 3.8) is 0 Å². The number of anilines is 2. The molecule has 4 aromatic rings. The van der Waals surface area contributed by atoms with Gasteiger partial charge < -0.3 is 19.9 Å². The first-order valence-corrected chi connectivity index (χ1v) is 13.6. The number of aromatic carboxylic acids is 1. The van der Waals surface area contributed by atoms with Crippen LogP contribution in [0, 0.1) is 12.7 Å². The Morgan fingerprint density at radius 3 is 2.62 bits per heavy atom. The summed E-state index contributed by atoms with van der Waals surface area (Å²) in [5.41, 5.74) is 1.03. The summed E-state index contributed by atoms with van der Waals surface area (Å²) in [4.78, 5) is 26.6. The molecule has 1 fully saturated rings. The van der Waals surface area contributed by atoms with Crippen LogP contribution < -0.4 is 14.3 Å². The number of aromatic amines is 1. The van der Waals surface area contributed by atoms with Gasteiger partial charge in [0.2, 0.25) is 5.91 Å². The number of nitrogens with one attached hydrogen (secondary N) is 3. The lowest BCUT2D eigenvalue weighted by molar-refractivity contribution is -0.116. The number of rotatable bonds is 7. The predicted molar refractivity (Wildman–Crippen MR) is 145 cm³/mol.